The number of benzene rings is 1. The second-order valence-corrected chi connectivity index (χ2v) is 6.94. The van der Waals surface area contributed by atoms with E-state index in [2.05, 4.69) is 10.3 Å². The summed E-state index contributed by atoms with van der Waals surface area (Å²) < 4.78 is 0. The summed E-state index contributed by atoms with van der Waals surface area (Å²) in [5, 5.41) is 2.83. The smallest absolute Gasteiger partial charge is 0.294 e. The van der Waals surface area contributed by atoms with E-state index in [-0.39, 0.29) is 18.4 Å². The highest BCUT2D eigenvalue weighted by Gasteiger charge is 2.31. The molecule has 0 aliphatic carbocycles. The van der Waals surface area contributed by atoms with Gasteiger partial charge >= 0.3 is 0 Å². The minimum atomic E-state index is -0.551. The Balaban J connectivity index is 1.65. The van der Waals surface area contributed by atoms with E-state index >= 15 is 0 Å². The first-order chi connectivity index (χ1) is 13.0. The van der Waals surface area contributed by atoms with Crippen molar-refractivity contribution in [2.45, 2.75) is 26.7 Å². The van der Waals surface area contributed by atoms with Gasteiger partial charge in [0.2, 0.25) is 11.7 Å². The average Bonchev–Trinajstić information content (AvgIpc) is 2.69. The van der Waals surface area contributed by atoms with Crippen molar-refractivity contribution < 1.29 is 14.4 Å². The Morgan fingerprint density at radius 3 is 2.56 bits per heavy atom. The Morgan fingerprint density at radius 1 is 1.11 bits per heavy atom. The van der Waals surface area contributed by atoms with Crippen LogP contribution in [0.2, 0.25) is 0 Å². The predicted octanol–water partition coefficient (Wildman–Crippen LogP) is 2.76. The maximum absolute atomic E-state index is 12.6. The van der Waals surface area contributed by atoms with Crippen molar-refractivity contribution in [1.82, 2.24) is 9.88 Å². The Morgan fingerprint density at radius 2 is 1.85 bits per heavy atom. The van der Waals surface area contributed by atoms with Gasteiger partial charge < -0.3 is 10.2 Å². The Hall–Kier alpha value is -3.02. The maximum atomic E-state index is 12.6. The van der Waals surface area contributed by atoms with Gasteiger partial charge in [0.05, 0.1) is 5.92 Å². The van der Waals surface area contributed by atoms with Crippen LogP contribution in [0.25, 0.3) is 0 Å². The van der Waals surface area contributed by atoms with Gasteiger partial charge in [-0.3, -0.25) is 14.4 Å². The molecule has 0 spiro atoms. The summed E-state index contributed by atoms with van der Waals surface area (Å²) in [4.78, 5) is 43.3. The summed E-state index contributed by atoms with van der Waals surface area (Å²) in [6.45, 7) is 4.53. The molecule has 3 rings (SSSR count). The first kappa shape index (κ1) is 18.8. The van der Waals surface area contributed by atoms with Crippen molar-refractivity contribution >= 4 is 23.4 Å². The third-order valence-electron chi connectivity index (χ3n) is 4.84. The lowest BCUT2D eigenvalue weighted by Gasteiger charge is -2.31. The van der Waals surface area contributed by atoms with Crippen molar-refractivity contribution in [2.24, 2.45) is 5.92 Å². The van der Waals surface area contributed by atoms with Gasteiger partial charge in [-0.05, 0) is 38.3 Å². The van der Waals surface area contributed by atoms with Crippen LogP contribution in [0.15, 0.2) is 42.6 Å². The predicted molar refractivity (Wildman–Crippen MR) is 102 cm³/mol. The molecule has 2 amide bonds. The highest BCUT2D eigenvalue weighted by Crippen LogP contribution is 2.20. The number of nitrogens with zero attached hydrogens (tertiary/aromatic N) is 2. The number of pyridine rings is 1. The number of amides is 2. The van der Waals surface area contributed by atoms with Crippen molar-refractivity contribution in [3.05, 3.63) is 59.3 Å². The standard InChI is InChI=1S/C21H23N3O3/c1-14-7-9-16(10-8-14)18(25)21(27)24-12-4-6-17(13-24)20(26)23-19-15(2)5-3-11-22-19/h3,5,7-11,17H,4,6,12-13H2,1-2H3,(H,22,23,26)/t17-/m1/s1. The number of hydrogen-bond acceptors (Lipinski definition) is 4. The van der Waals surface area contributed by atoms with Crippen LogP contribution in [0.5, 0.6) is 0 Å². The van der Waals surface area contributed by atoms with Crippen molar-refractivity contribution in [2.75, 3.05) is 18.4 Å². The highest BCUT2D eigenvalue weighted by molar-refractivity contribution is 6.42. The number of ketones is 1. The Bertz CT molecular complexity index is 861. The van der Waals surface area contributed by atoms with Crippen LogP contribution in [0.4, 0.5) is 5.82 Å². The minimum absolute atomic E-state index is 0.169. The lowest BCUT2D eigenvalue weighted by molar-refractivity contribution is -0.130. The lowest BCUT2D eigenvalue weighted by atomic mass is 9.96. The van der Waals surface area contributed by atoms with Crippen molar-refractivity contribution in [3.8, 4) is 0 Å². The van der Waals surface area contributed by atoms with E-state index in [0.29, 0.717) is 30.8 Å². The van der Waals surface area contributed by atoms with Gasteiger partial charge in [0.1, 0.15) is 5.82 Å². The second-order valence-electron chi connectivity index (χ2n) is 6.94. The molecule has 1 atom stereocenters. The van der Waals surface area contributed by atoms with Gasteiger partial charge in [0, 0.05) is 24.8 Å². The van der Waals surface area contributed by atoms with Gasteiger partial charge in [-0.15, -0.1) is 0 Å². The molecule has 1 fully saturated rings. The number of carbonyl (C=O) groups excluding carboxylic acids is 3. The number of aryl methyl sites for hydroxylation is 2. The number of Topliss-reactive ketones (excluding diaryl/α,β-unsaturated/α-hetero) is 1. The zero-order valence-electron chi connectivity index (χ0n) is 15.6. The summed E-state index contributed by atoms with van der Waals surface area (Å²) in [6, 6.07) is 10.6. The van der Waals surface area contributed by atoms with Gasteiger partial charge in [-0.25, -0.2) is 4.98 Å². The molecule has 6 heteroatoms. The van der Waals surface area contributed by atoms with E-state index in [1.165, 1.54) is 4.90 Å². The topological polar surface area (TPSA) is 79.4 Å². The van der Waals surface area contributed by atoms with E-state index in [1.54, 1.807) is 18.3 Å². The number of piperidine rings is 1. The van der Waals surface area contributed by atoms with Crippen LogP contribution in [0.3, 0.4) is 0 Å². The summed E-state index contributed by atoms with van der Waals surface area (Å²) in [5.41, 5.74) is 2.28. The summed E-state index contributed by atoms with van der Waals surface area (Å²) in [6.07, 6.45) is 2.99. The molecule has 6 nitrogen and oxygen atoms in total. The zero-order valence-corrected chi connectivity index (χ0v) is 15.6. The highest BCUT2D eigenvalue weighted by atomic mass is 16.2. The first-order valence-electron chi connectivity index (χ1n) is 9.08. The van der Waals surface area contributed by atoms with Crippen LogP contribution in [-0.4, -0.2) is 40.6 Å². The number of carbonyl (C=O) groups is 3. The second kappa shape index (κ2) is 8.12. The number of nitrogens with one attached hydrogen (secondary N) is 1. The molecule has 1 aliphatic rings. The van der Waals surface area contributed by atoms with E-state index in [1.807, 2.05) is 38.1 Å². The zero-order chi connectivity index (χ0) is 19.4. The molecule has 0 radical (unpaired) electrons. The van der Waals surface area contributed by atoms with E-state index < -0.39 is 11.7 Å². The Labute approximate surface area is 158 Å². The number of hydrogen-bond donors (Lipinski definition) is 1. The van der Waals surface area contributed by atoms with Gasteiger partial charge in [0.15, 0.2) is 0 Å². The summed E-state index contributed by atoms with van der Waals surface area (Å²) in [7, 11) is 0. The minimum Gasteiger partial charge on any atom is -0.335 e. The normalized spacial score (nSPS) is 16.7. The fourth-order valence-corrected chi connectivity index (χ4v) is 3.18. The van der Waals surface area contributed by atoms with Gasteiger partial charge in [0.25, 0.3) is 5.91 Å². The molecule has 1 saturated heterocycles. The summed E-state index contributed by atoms with van der Waals surface area (Å²) >= 11 is 0. The molecular formula is C21H23N3O3. The largest absolute Gasteiger partial charge is 0.335 e. The SMILES string of the molecule is Cc1ccc(C(=O)C(=O)N2CCC[C@@H](C(=O)Nc3ncccc3C)C2)cc1. The van der Waals surface area contributed by atoms with E-state index in [0.717, 1.165) is 11.1 Å². The average molecular weight is 365 g/mol. The molecule has 2 aromatic rings. The molecule has 1 N–H and O–H groups in total. The number of rotatable bonds is 4. The molecule has 1 aromatic carbocycles. The van der Waals surface area contributed by atoms with Crippen LogP contribution in [0.1, 0.15) is 34.3 Å². The van der Waals surface area contributed by atoms with Crippen LogP contribution < -0.4 is 5.32 Å². The third kappa shape index (κ3) is 4.39. The molecule has 27 heavy (non-hydrogen) atoms. The third-order valence-corrected chi connectivity index (χ3v) is 4.84. The first-order valence-corrected chi connectivity index (χ1v) is 9.08. The molecule has 0 bridgehead atoms. The lowest BCUT2D eigenvalue weighted by Crippen LogP contribution is -2.46. The molecule has 1 aliphatic heterocycles. The number of anilines is 1. The Kier molecular flexibility index (Phi) is 5.64. The fraction of sp³-hybridized carbons (Fsp3) is 0.333. The molecule has 1 aromatic heterocycles. The monoisotopic (exact) mass is 365 g/mol. The van der Waals surface area contributed by atoms with Crippen molar-refractivity contribution in [3.63, 3.8) is 0 Å². The molecule has 140 valence electrons. The van der Waals surface area contributed by atoms with Crippen LogP contribution in [0, 0.1) is 19.8 Å². The fourth-order valence-electron chi connectivity index (χ4n) is 3.18. The van der Waals surface area contributed by atoms with E-state index in [4.69, 9.17) is 0 Å². The van der Waals surface area contributed by atoms with Crippen LogP contribution in [-0.2, 0) is 9.59 Å². The summed E-state index contributed by atoms with van der Waals surface area (Å²) in [5.74, 6) is -1.07. The molecular weight excluding hydrogens is 342 g/mol. The van der Waals surface area contributed by atoms with Crippen LogP contribution >= 0.6 is 0 Å². The molecule has 0 saturated carbocycles. The van der Waals surface area contributed by atoms with Crippen molar-refractivity contribution in [1.29, 1.82) is 0 Å². The maximum Gasteiger partial charge on any atom is 0.294 e. The molecule has 0 unspecified atom stereocenters. The molecule has 2 heterocycles. The number of likely N-dealkylation sites (tertiary alicyclic amines) is 1. The van der Waals surface area contributed by atoms with E-state index in [9.17, 15) is 14.4 Å². The van der Waals surface area contributed by atoms with Gasteiger partial charge in [-0.2, -0.15) is 0 Å². The number of aromatic nitrogens is 1. The van der Waals surface area contributed by atoms with Gasteiger partial charge in [-0.1, -0.05) is 35.9 Å². The quantitative estimate of drug-likeness (QED) is 0.667.